The van der Waals surface area contributed by atoms with Crippen LogP contribution >= 0.6 is 11.6 Å². The largest absolute Gasteiger partial charge is 0.361 e. The van der Waals surface area contributed by atoms with Gasteiger partial charge >= 0.3 is 0 Å². The molecule has 8 heteroatoms. The second-order valence-electron chi connectivity index (χ2n) is 5.86. The van der Waals surface area contributed by atoms with Gasteiger partial charge in [-0.1, -0.05) is 22.8 Å². The summed E-state index contributed by atoms with van der Waals surface area (Å²) in [5.41, 5.74) is 0.116. The number of halogens is 2. The molecule has 6 nitrogen and oxygen atoms in total. The van der Waals surface area contributed by atoms with E-state index in [4.69, 9.17) is 16.1 Å². The van der Waals surface area contributed by atoms with Gasteiger partial charge in [0.1, 0.15) is 11.6 Å². The predicted octanol–water partition coefficient (Wildman–Crippen LogP) is 2.76. The first-order valence-corrected chi connectivity index (χ1v) is 8.31. The van der Waals surface area contributed by atoms with Gasteiger partial charge in [-0.05, 0) is 25.5 Å². The molecule has 0 aliphatic carbocycles. The van der Waals surface area contributed by atoms with Crippen LogP contribution in [0.25, 0.3) is 0 Å². The molecule has 0 saturated carbocycles. The second kappa shape index (κ2) is 7.23. The number of rotatable bonds is 2. The third-order valence-corrected chi connectivity index (χ3v) is 4.41. The van der Waals surface area contributed by atoms with E-state index in [1.54, 1.807) is 17.9 Å². The molecule has 0 spiro atoms. The normalized spacial score (nSPS) is 15.2. The van der Waals surface area contributed by atoms with Crippen LogP contribution in [0.15, 0.2) is 28.8 Å². The first kappa shape index (κ1) is 17.4. The van der Waals surface area contributed by atoms with E-state index in [9.17, 15) is 14.0 Å². The summed E-state index contributed by atoms with van der Waals surface area (Å²) in [4.78, 5) is 28.2. The number of carbonyl (C=O) groups excluding carboxylic acids is 2. The van der Waals surface area contributed by atoms with Gasteiger partial charge in [-0.25, -0.2) is 4.39 Å². The van der Waals surface area contributed by atoms with E-state index in [-0.39, 0.29) is 22.2 Å². The van der Waals surface area contributed by atoms with E-state index in [0.29, 0.717) is 38.4 Å². The summed E-state index contributed by atoms with van der Waals surface area (Å²) in [5, 5.41) is 3.82. The fourth-order valence-corrected chi connectivity index (χ4v) is 3.06. The highest BCUT2D eigenvalue weighted by atomic mass is 35.5. The van der Waals surface area contributed by atoms with Gasteiger partial charge in [-0.3, -0.25) is 9.59 Å². The Bertz CT molecular complexity index is 788. The minimum absolute atomic E-state index is 0.0836. The lowest BCUT2D eigenvalue weighted by Gasteiger charge is -2.22. The summed E-state index contributed by atoms with van der Waals surface area (Å²) in [7, 11) is 0. The van der Waals surface area contributed by atoms with Crippen LogP contribution in [-0.4, -0.2) is 52.9 Å². The number of nitrogens with zero attached hydrogens (tertiary/aromatic N) is 3. The second-order valence-corrected chi connectivity index (χ2v) is 6.26. The average Bonchev–Trinajstić information content (AvgIpc) is 2.87. The number of amides is 2. The lowest BCUT2D eigenvalue weighted by Crippen LogP contribution is -2.37. The van der Waals surface area contributed by atoms with Crippen LogP contribution in [0.3, 0.4) is 0 Å². The molecule has 3 rings (SSSR count). The molecule has 1 aliphatic rings. The quantitative estimate of drug-likeness (QED) is 0.820. The van der Waals surface area contributed by atoms with Crippen molar-refractivity contribution in [3.05, 3.63) is 52.1 Å². The molecule has 1 aromatic carbocycles. The summed E-state index contributed by atoms with van der Waals surface area (Å²) in [5.74, 6) is -0.790. The minimum Gasteiger partial charge on any atom is -0.361 e. The molecule has 1 aliphatic heterocycles. The number of hydrogen-bond donors (Lipinski definition) is 0. The van der Waals surface area contributed by atoms with Gasteiger partial charge in [0.05, 0.1) is 10.6 Å². The molecule has 25 heavy (non-hydrogen) atoms. The highest BCUT2D eigenvalue weighted by molar-refractivity contribution is 6.33. The molecule has 1 saturated heterocycles. The Hall–Kier alpha value is -2.41. The fraction of sp³-hybridized carbons (Fsp3) is 0.353. The van der Waals surface area contributed by atoms with E-state index in [2.05, 4.69) is 5.16 Å². The van der Waals surface area contributed by atoms with Gasteiger partial charge in [0.2, 0.25) is 0 Å². The molecule has 132 valence electrons. The topological polar surface area (TPSA) is 66.7 Å². The van der Waals surface area contributed by atoms with Crippen molar-refractivity contribution in [2.24, 2.45) is 0 Å². The Balaban J connectivity index is 1.71. The van der Waals surface area contributed by atoms with Crippen molar-refractivity contribution in [2.45, 2.75) is 13.3 Å². The number of aromatic nitrogens is 1. The molecule has 0 radical (unpaired) electrons. The zero-order valence-electron chi connectivity index (χ0n) is 13.7. The third kappa shape index (κ3) is 3.66. The zero-order valence-corrected chi connectivity index (χ0v) is 14.4. The highest BCUT2D eigenvalue weighted by Gasteiger charge is 2.27. The Morgan fingerprint density at radius 1 is 1.16 bits per heavy atom. The SMILES string of the molecule is Cc1cc(C(=O)N2CCCN(C(=O)c3c(F)cccc3Cl)CC2)no1. The molecule has 0 N–H and O–H groups in total. The molecule has 1 fully saturated rings. The minimum atomic E-state index is -0.646. The maximum Gasteiger partial charge on any atom is 0.276 e. The summed E-state index contributed by atoms with van der Waals surface area (Å²) < 4.78 is 18.9. The first-order chi connectivity index (χ1) is 12.0. The maximum atomic E-state index is 14.0. The Kier molecular flexibility index (Phi) is 5.03. The Morgan fingerprint density at radius 3 is 2.44 bits per heavy atom. The number of hydrogen-bond acceptors (Lipinski definition) is 4. The summed E-state index contributed by atoms with van der Waals surface area (Å²) >= 11 is 5.98. The highest BCUT2D eigenvalue weighted by Crippen LogP contribution is 2.21. The van der Waals surface area contributed by atoms with E-state index in [1.807, 2.05) is 0 Å². The smallest absolute Gasteiger partial charge is 0.276 e. The number of benzene rings is 1. The van der Waals surface area contributed by atoms with E-state index in [0.717, 1.165) is 0 Å². The van der Waals surface area contributed by atoms with Crippen LogP contribution < -0.4 is 0 Å². The van der Waals surface area contributed by atoms with Crippen molar-refractivity contribution in [3.8, 4) is 0 Å². The van der Waals surface area contributed by atoms with Gasteiger partial charge in [0.15, 0.2) is 5.69 Å². The molecule has 2 amide bonds. The number of carbonyl (C=O) groups is 2. The van der Waals surface area contributed by atoms with Crippen LogP contribution in [0, 0.1) is 12.7 Å². The third-order valence-electron chi connectivity index (χ3n) is 4.09. The van der Waals surface area contributed by atoms with Crippen LogP contribution in [0.1, 0.15) is 33.0 Å². The van der Waals surface area contributed by atoms with Gasteiger partial charge in [0, 0.05) is 32.2 Å². The van der Waals surface area contributed by atoms with E-state index in [1.165, 1.54) is 23.1 Å². The zero-order chi connectivity index (χ0) is 18.0. The molecule has 0 bridgehead atoms. The lowest BCUT2D eigenvalue weighted by molar-refractivity contribution is 0.0711. The van der Waals surface area contributed by atoms with Gasteiger partial charge in [-0.2, -0.15) is 0 Å². The molecular formula is C17H17ClFN3O3. The first-order valence-electron chi connectivity index (χ1n) is 7.93. The lowest BCUT2D eigenvalue weighted by atomic mass is 10.1. The van der Waals surface area contributed by atoms with Gasteiger partial charge in [-0.15, -0.1) is 0 Å². The van der Waals surface area contributed by atoms with Crippen molar-refractivity contribution in [1.29, 1.82) is 0 Å². The Labute approximate surface area is 149 Å². The predicted molar refractivity (Wildman–Crippen MR) is 89.1 cm³/mol. The average molecular weight is 366 g/mol. The van der Waals surface area contributed by atoms with Crippen molar-refractivity contribution >= 4 is 23.4 Å². The van der Waals surface area contributed by atoms with Gasteiger partial charge < -0.3 is 14.3 Å². The monoisotopic (exact) mass is 365 g/mol. The molecule has 0 atom stereocenters. The maximum absolute atomic E-state index is 14.0. The van der Waals surface area contributed by atoms with Crippen LogP contribution in [0.5, 0.6) is 0 Å². The van der Waals surface area contributed by atoms with Crippen LogP contribution in [0.4, 0.5) is 4.39 Å². The van der Waals surface area contributed by atoms with E-state index >= 15 is 0 Å². The molecule has 2 aromatic rings. The standard InChI is InChI=1S/C17H17ClFN3O3/c1-11-10-14(20-25-11)16(23)21-6-3-7-22(9-8-21)17(24)15-12(18)4-2-5-13(15)19/h2,4-5,10H,3,6-9H2,1H3. The molecule has 2 heterocycles. The summed E-state index contributed by atoms with van der Waals surface area (Å²) in [6, 6.07) is 5.73. The van der Waals surface area contributed by atoms with Crippen LogP contribution in [-0.2, 0) is 0 Å². The van der Waals surface area contributed by atoms with Gasteiger partial charge in [0.25, 0.3) is 11.8 Å². The van der Waals surface area contributed by atoms with Crippen molar-refractivity contribution in [1.82, 2.24) is 15.0 Å². The molecule has 1 aromatic heterocycles. The Morgan fingerprint density at radius 2 is 1.84 bits per heavy atom. The summed E-state index contributed by atoms with van der Waals surface area (Å²) in [6.07, 6.45) is 0.584. The molecular weight excluding hydrogens is 349 g/mol. The van der Waals surface area contributed by atoms with Crippen molar-refractivity contribution in [2.75, 3.05) is 26.2 Å². The van der Waals surface area contributed by atoms with Crippen molar-refractivity contribution < 1.29 is 18.5 Å². The fourth-order valence-electron chi connectivity index (χ4n) is 2.81. The van der Waals surface area contributed by atoms with E-state index < -0.39 is 11.7 Å². The van der Waals surface area contributed by atoms with Crippen LogP contribution in [0.2, 0.25) is 5.02 Å². The summed E-state index contributed by atoms with van der Waals surface area (Å²) in [6.45, 7) is 3.25. The molecule has 0 unspecified atom stereocenters. The van der Waals surface area contributed by atoms with Crippen molar-refractivity contribution in [3.63, 3.8) is 0 Å². The number of aryl methyl sites for hydroxylation is 1.